The number of rotatable bonds is 4. The van der Waals surface area contributed by atoms with Crippen LogP contribution in [0.1, 0.15) is 51.2 Å². The van der Waals surface area contributed by atoms with Crippen LogP contribution in [0.3, 0.4) is 0 Å². The first-order valence-corrected chi connectivity index (χ1v) is 7.86. The van der Waals surface area contributed by atoms with E-state index in [1.54, 1.807) is 12.1 Å². The van der Waals surface area contributed by atoms with E-state index in [0.717, 1.165) is 24.4 Å². The summed E-state index contributed by atoms with van der Waals surface area (Å²) in [4.78, 5) is 0. The van der Waals surface area contributed by atoms with Crippen molar-refractivity contribution in [1.29, 1.82) is 0 Å². The molecule has 1 N–H and O–H groups in total. The summed E-state index contributed by atoms with van der Waals surface area (Å²) >= 11 is 0. The lowest BCUT2D eigenvalue weighted by atomic mass is 9.70. The summed E-state index contributed by atoms with van der Waals surface area (Å²) < 4.78 is 13.1. The van der Waals surface area contributed by atoms with Crippen molar-refractivity contribution in [3.63, 3.8) is 0 Å². The molecule has 2 unspecified atom stereocenters. The molecule has 20 heavy (non-hydrogen) atoms. The maximum Gasteiger partial charge on any atom is 0.123 e. The van der Waals surface area contributed by atoms with Crippen LogP contribution in [0.15, 0.2) is 18.2 Å². The molecule has 112 valence electrons. The zero-order valence-corrected chi connectivity index (χ0v) is 13.3. The van der Waals surface area contributed by atoms with E-state index < -0.39 is 0 Å². The highest BCUT2D eigenvalue weighted by atomic mass is 19.1. The molecule has 2 atom stereocenters. The number of hydrogen-bond donors (Lipinski definition) is 1. The fourth-order valence-corrected chi connectivity index (χ4v) is 3.58. The molecule has 1 aliphatic rings. The van der Waals surface area contributed by atoms with E-state index in [1.807, 2.05) is 13.0 Å². The van der Waals surface area contributed by atoms with Crippen molar-refractivity contribution in [3.05, 3.63) is 35.1 Å². The molecule has 1 aromatic carbocycles. The van der Waals surface area contributed by atoms with Gasteiger partial charge in [-0.3, -0.25) is 0 Å². The van der Waals surface area contributed by atoms with E-state index in [9.17, 15) is 4.39 Å². The highest BCUT2D eigenvalue weighted by molar-refractivity contribution is 5.26. The molecule has 1 saturated carbocycles. The van der Waals surface area contributed by atoms with E-state index in [0.29, 0.717) is 11.5 Å². The van der Waals surface area contributed by atoms with Crippen molar-refractivity contribution in [2.45, 2.75) is 59.4 Å². The van der Waals surface area contributed by atoms with Gasteiger partial charge in [-0.1, -0.05) is 26.8 Å². The van der Waals surface area contributed by atoms with E-state index in [-0.39, 0.29) is 5.82 Å². The number of hydrogen-bond acceptors (Lipinski definition) is 1. The van der Waals surface area contributed by atoms with Crippen LogP contribution >= 0.6 is 0 Å². The molecule has 0 saturated heterocycles. The Morgan fingerprint density at radius 1 is 1.35 bits per heavy atom. The molecule has 0 heterocycles. The molecule has 0 amide bonds. The van der Waals surface area contributed by atoms with Crippen LogP contribution in [0.4, 0.5) is 4.39 Å². The van der Waals surface area contributed by atoms with Crippen molar-refractivity contribution in [3.8, 4) is 0 Å². The topological polar surface area (TPSA) is 12.0 Å². The highest BCUT2D eigenvalue weighted by Gasteiger charge is 2.31. The van der Waals surface area contributed by atoms with Gasteiger partial charge in [-0.15, -0.1) is 0 Å². The van der Waals surface area contributed by atoms with Gasteiger partial charge in [0.1, 0.15) is 5.82 Å². The first kappa shape index (κ1) is 15.5. The van der Waals surface area contributed by atoms with Crippen molar-refractivity contribution in [2.75, 3.05) is 6.54 Å². The quantitative estimate of drug-likeness (QED) is 0.855. The van der Waals surface area contributed by atoms with Crippen LogP contribution in [-0.2, 0) is 6.42 Å². The minimum atomic E-state index is -0.137. The van der Waals surface area contributed by atoms with E-state index >= 15 is 0 Å². The number of nitrogens with one attached hydrogen (secondary N) is 1. The predicted octanol–water partition coefficient (Wildman–Crippen LogP) is 4.48. The summed E-state index contributed by atoms with van der Waals surface area (Å²) in [6.07, 6.45) is 4.88. The van der Waals surface area contributed by atoms with Gasteiger partial charge in [0.15, 0.2) is 0 Å². The van der Waals surface area contributed by atoms with Crippen LogP contribution in [0, 0.1) is 24.1 Å². The number of benzene rings is 1. The lowest BCUT2D eigenvalue weighted by Gasteiger charge is -2.39. The fraction of sp³-hybridized carbons (Fsp3) is 0.667. The van der Waals surface area contributed by atoms with Crippen LogP contribution in [0.25, 0.3) is 0 Å². The second-order valence-corrected chi connectivity index (χ2v) is 7.27. The molecule has 0 bridgehead atoms. The summed E-state index contributed by atoms with van der Waals surface area (Å²) in [6.45, 7) is 10.1. The zero-order valence-electron chi connectivity index (χ0n) is 13.3. The minimum absolute atomic E-state index is 0.137. The molecule has 0 spiro atoms. The Hall–Kier alpha value is -0.890. The first-order valence-electron chi connectivity index (χ1n) is 7.86. The van der Waals surface area contributed by atoms with Crippen LogP contribution in [0.5, 0.6) is 0 Å². The average Bonchev–Trinajstić information content (AvgIpc) is 2.33. The minimum Gasteiger partial charge on any atom is -0.313 e. The van der Waals surface area contributed by atoms with Crippen molar-refractivity contribution >= 4 is 0 Å². The third-order valence-corrected chi connectivity index (χ3v) is 4.80. The zero-order chi connectivity index (χ0) is 14.8. The van der Waals surface area contributed by atoms with Gasteiger partial charge >= 0.3 is 0 Å². The molecule has 0 radical (unpaired) electrons. The molecular formula is C18H28FN. The van der Waals surface area contributed by atoms with Crippen molar-refractivity contribution in [2.24, 2.45) is 11.3 Å². The highest BCUT2D eigenvalue weighted by Crippen LogP contribution is 2.38. The normalized spacial score (nSPS) is 25.6. The second kappa shape index (κ2) is 6.26. The monoisotopic (exact) mass is 277 g/mol. The lowest BCUT2D eigenvalue weighted by molar-refractivity contribution is 0.149. The van der Waals surface area contributed by atoms with Gasteiger partial charge in [0, 0.05) is 6.04 Å². The summed E-state index contributed by atoms with van der Waals surface area (Å²) in [5.74, 6) is 0.607. The first-order chi connectivity index (χ1) is 9.37. The smallest absolute Gasteiger partial charge is 0.123 e. The molecule has 0 aromatic heterocycles. The Balaban J connectivity index is 1.81. The Kier molecular flexibility index (Phi) is 4.85. The van der Waals surface area contributed by atoms with Crippen molar-refractivity contribution in [1.82, 2.24) is 5.32 Å². The van der Waals surface area contributed by atoms with Gasteiger partial charge < -0.3 is 5.32 Å². The van der Waals surface area contributed by atoms with E-state index in [4.69, 9.17) is 0 Å². The standard InChI is InChI=1S/C18H28FN/c1-13-11-16(19)6-5-15(13)8-10-20-17-7-9-18(3,4)12-14(17)2/h5-6,11,14,17,20H,7-10,12H2,1-4H3. The largest absolute Gasteiger partial charge is 0.313 e. The van der Waals surface area contributed by atoms with Crippen molar-refractivity contribution < 1.29 is 4.39 Å². The Morgan fingerprint density at radius 3 is 2.75 bits per heavy atom. The molecule has 2 rings (SSSR count). The van der Waals surface area contributed by atoms with Gasteiger partial charge in [0.2, 0.25) is 0 Å². The maximum absolute atomic E-state index is 13.1. The van der Waals surface area contributed by atoms with Gasteiger partial charge in [0.05, 0.1) is 0 Å². The number of aryl methyl sites for hydroxylation is 1. The van der Waals surface area contributed by atoms with E-state index in [2.05, 4.69) is 26.1 Å². The molecule has 1 fully saturated rings. The molecule has 0 aliphatic heterocycles. The van der Waals surface area contributed by atoms with Gasteiger partial charge in [-0.05, 0) is 73.7 Å². The summed E-state index contributed by atoms with van der Waals surface area (Å²) in [7, 11) is 0. The van der Waals surface area contributed by atoms with Gasteiger partial charge in [-0.2, -0.15) is 0 Å². The third-order valence-electron chi connectivity index (χ3n) is 4.80. The molecule has 1 nitrogen and oxygen atoms in total. The van der Waals surface area contributed by atoms with Crippen LogP contribution in [-0.4, -0.2) is 12.6 Å². The Bertz CT molecular complexity index is 453. The van der Waals surface area contributed by atoms with E-state index in [1.165, 1.54) is 24.8 Å². The Morgan fingerprint density at radius 2 is 2.10 bits per heavy atom. The fourth-order valence-electron chi connectivity index (χ4n) is 3.58. The second-order valence-electron chi connectivity index (χ2n) is 7.27. The Labute approximate surface area is 123 Å². The third kappa shape index (κ3) is 4.05. The molecule has 1 aromatic rings. The predicted molar refractivity (Wildman–Crippen MR) is 83.4 cm³/mol. The lowest BCUT2D eigenvalue weighted by Crippen LogP contribution is -2.42. The van der Waals surface area contributed by atoms with Crippen LogP contribution in [0.2, 0.25) is 0 Å². The summed E-state index contributed by atoms with van der Waals surface area (Å²) in [6, 6.07) is 5.75. The summed E-state index contributed by atoms with van der Waals surface area (Å²) in [5.41, 5.74) is 2.82. The number of halogens is 1. The van der Waals surface area contributed by atoms with Gasteiger partial charge in [0.25, 0.3) is 0 Å². The molecular weight excluding hydrogens is 249 g/mol. The molecule has 2 heteroatoms. The average molecular weight is 277 g/mol. The van der Waals surface area contributed by atoms with Crippen LogP contribution < -0.4 is 5.32 Å². The SMILES string of the molecule is Cc1cc(F)ccc1CCNC1CCC(C)(C)CC1C. The summed E-state index contributed by atoms with van der Waals surface area (Å²) in [5, 5.41) is 3.71. The maximum atomic E-state index is 13.1. The molecule has 1 aliphatic carbocycles. The van der Waals surface area contributed by atoms with Gasteiger partial charge in [-0.25, -0.2) is 4.39 Å².